The van der Waals surface area contributed by atoms with Gasteiger partial charge in [-0.2, -0.15) is 0 Å². The van der Waals surface area contributed by atoms with Crippen molar-refractivity contribution in [1.82, 2.24) is 16.2 Å². The fourth-order valence-corrected chi connectivity index (χ4v) is 1.55. The molecule has 0 bridgehead atoms. The van der Waals surface area contributed by atoms with Gasteiger partial charge in [0.25, 0.3) is 5.91 Å². The van der Waals surface area contributed by atoms with Crippen LogP contribution in [-0.4, -0.2) is 17.6 Å². The van der Waals surface area contributed by atoms with E-state index in [4.69, 9.17) is 12.2 Å². The molecule has 6 heteroatoms. The number of carbonyl (C=O) groups is 1. The van der Waals surface area contributed by atoms with E-state index in [1.807, 2.05) is 19.1 Å². The van der Waals surface area contributed by atoms with Crippen molar-refractivity contribution in [1.29, 1.82) is 0 Å². The van der Waals surface area contributed by atoms with Crippen LogP contribution in [0.5, 0.6) is 0 Å². The first-order valence-electron chi connectivity index (χ1n) is 4.73. The number of hydrogen-bond acceptors (Lipinski definition) is 2. The van der Waals surface area contributed by atoms with Crippen molar-refractivity contribution in [3.8, 4) is 0 Å². The van der Waals surface area contributed by atoms with Gasteiger partial charge in [-0.05, 0) is 66.0 Å². The highest BCUT2D eigenvalue weighted by molar-refractivity contribution is 14.1. The number of thiocarbonyl (C=S) groups is 1. The lowest BCUT2D eigenvalue weighted by molar-refractivity contribution is 0.0943. The third kappa shape index (κ3) is 4.31. The number of halogens is 1. The summed E-state index contributed by atoms with van der Waals surface area (Å²) in [5, 5.41) is 3.27. The first kappa shape index (κ1) is 13.2. The predicted molar refractivity (Wildman–Crippen MR) is 76.0 cm³/mol. The van der Waals surface area contributed by atoms with Crippen LogP contribution in [0.1, 0.15) is 17.3 Å². The van der Waals surface area contributed by atoms with Gasteiger partial charge in [0.1, 0.15) is 0 Å². The quantitative estimate of drug-likeness (QED) is 0.430. The highest BCUT2D eigenvalue weighted by Crippen LogP contribution is 2.06. The molecule has 4 nitrogen and oxygen atoms in total. The van der Waals surface area contributed by atoms with Gasteiger partial charge < -0.3 is 5.32 Å². The molecular weight excluding hydrogens is 337 g/mol. The van der Waals surface area contributed by atoms with Gasteiger partial charge in [-0.15, -0.1) is 0 Å². The van der Waals surface area contributed by atoms with Crippen LogP contribution in [0.15, 0.2) is 24.3 Å². The Hall–Kier alpha value is -0.890. The Morgan fingerprint density at radius 2 is 1.94 bits per heavy atom. The van der Waals surface area contributed by atoms with Crippen molar-refractivity contribution in [3.63, 3.8) is 0 Å². The van der Waals surface area contributed by atoms with Gasteiger partial charge in [0.15, 0.2) is 5.11 Å². The summed E-state index contributed by atoms with van der Waals surface area (Å²) in [5.74, 6) is -0.211. The van der Waals surface area contributed by atoms with Gasteiger partial charge in [-0.3, -0.25) is 15.6 Å². The van der Waals surface area contributed by atoms with Crippen LogP contribution in [0.3, 0.4) is 0 Å². The third-order valence-corrected chi connectivity index (χ3v) is 2.70. The molecule has 0 atom stereocenters. The topological polar surface area (TPSA) is 53.2 Å². The number of hydrazine groups is 1. The second-order valence-corrected chi connectivity index (χ2v) is 4.60. The third-order valence-electron chi connectivity index (χ3n) is 1.73. The molecule has 0 heterocycles. The number of carbonyl (C=O) groups excluding carboxylic acids is 1. The summed E-state index contributed by atoms with van der Waals surface area (Å²) in [4.78, 5) is 11.6. The maximum atomic E-state index is 11.6. The molecule has 0 radical (unpaired) electrons. The van der Waals surface area contributed by atoms with Crippen molar-refractivity contribution >= 4 is 45.8 Å². The van der Waals surface area contributed by atoms with Crippen molar-refractivity contribution in [2.45, 2.75) is 6.92 Å². The molecule has 0 aliphatic rings. The van der Waals surface area contributed by atoms with Gasteiger partial charge in [0, 0.05) is 15.7 Å². The number of benzene rings is 1. The average molecular weight is 349 g/mol. The molecule has 1 aromatic carbocycles. The zero-order valence-electron chi connectivity index (χ0n) is 8.71. The summed E-state index contributed by atoms with van der Waals surface area (Å²) in [6, 6.07) is 7.26. The minimum absolute atomic E-state index is 0.211. The molecule has 86 valence electrons. The normalized spacial score (nSPS) is 9.38. The van der Waals surface area contributed by atoms with Gasteiger partial charge in [0.05, 0.1) is 0 Å². The van der Waals surface area contributed by atoms with E-state index in [0.29, 0.717) is 17.2 Å². The monoisotopic (exact) mass is 349 g/mol. The second kappa shape index (κ2) is 6.64. The largest absolute Gasteiger partial charge is 0.362 e. The van der Waals surface area contributed by atoms with Crippen molar-refractivity contribution in [3.05, 3.63) is 33.4 Å². The molecule has 1 amide bonds. The number of amides is 1. The van der Waals surface area contributed by atoms with Crippen molar-refractivity contribution in [2.24, 2.45) is 0 Å². The number of rotatable bonds is 2. The lowest BCUT2D eigenvalue weighted by Gasteiger charge is -2.09. The van der Waals surface area contributed by atoms with Crippen LogP contribution in [-0.2, 0) is 0 Å². The van der Waals surface area contributed by atoms with Crippen LogP contribution in [0, 0.1) is 3.57 Å². The van der Waals surface area contributed by atoms with E-state index >= 15 is 0 Å². The average Bonchev–Trinajstić information content (AvgIpc) is 2.27. The molecule has 0 saturated carbocycles. The summed E-state index contributed by atoms with van der Waals surface area (Å²) in [6.07, 6.45) is 0. The number of hydrogen-bond donors (Lipinski definition) is 3. The minimum atomic E-state index is -0.211. The lowest BCUT2D eigenvalue weighted by atomic mass is 10.2. The summed E-state index contributed by atoms with van der Waals surface area (Å²) >= 11 is 7.09. The standard InChI is InChI=1S/C10H12IN3OS/c1-2-12-10(16)14-13-9(15)7-3-5-8(11)6-4-7/h3-6H,2H2,1H3,(H,13,15)(H2,12,14,16). The second-order valence-electron chi connectivity index (χ2n) is 2.95. The molecule has 0 aromatic heterocycles. The first-order chi connectivity index (χ1) is 7.63. The van der Waals surface area contributed by atoms with Crippen LogP contribution < -0.4 is 16.2 Å². The van der Waals surface area contributed by atoms with Gasteiger partial charge >= 0.3 is 0 Å². The first-order valence-corrected chi connectivity index (χ1v) is 6.22. The summed E-state index contributed by atoms with van der Waals surface area (Å²) in [7, 11) is 0. The molecule has 3 N–H and O–H groups in total. The minimum Gasteiger partial charge on any atom is -0.362 e. The molecule has 0 aliphatic heterocycles. The van der Waals surface area contributed by atoms with E-state index < -0.39 is 0 Å². The Bertz CT molecular complexity index is 380. The molecule has 0 saturated heterocycles. The van der Waals surface area contributed by atoms with Gasteiger partial charge in [-0.25, -0.2) is 0 Å². The van der Waals surface area contributed by atoms with Gasteiger partial charge in [0.2, 0.25) is 0 Å². The van der Waals surface area contributed by atoms with E-state index in [9.17, 15) is 4.79 Å². The van der Waals surface area contributed by atoms with E-state index in [2.05, 4.69) is 38.8 Å². The molecule has 0 fully saturated rings. The van der Waals surface area contributed by atoms with E-state index in [1.165, 1.54) is 0 Å². The van der Waals surface area contributed by atoms with Crippen molar-refractivity contribution in [2.75, 3.05) is 6.54 Å². The Kier molecular flexibility index (Phi) is 5.47. The maximum absolute atomic E-state index is 11.6. The fourth-order valence-electron chi connectivity index (χ4n) is 0.992. The lowest BCUT2D eigenvalue weighted by Crippen LogP contribution is -2.46. The number of nitrogens with one attached hydrogen (secondary N) is 3. The molecule has 1 aromatic rings. The zero-order chi connectivity index (χ0) is 12.0. The molecule has 0 unspecified atom stereocenters. The van der Waals surface area contributed by atoms with Crippen LogP contribution in [0.4, 0.5) is 0 Å². The van der Waals surface area contributed by atoms with Crippen LogP contribution in [0.25, 0.3) is 0 Å². The Morgan fingerprint density at radius 3 is 2.50 bits per heavy atom. The molecule has 0 spiro atoms. The van der Waals surface area contributed by atoms with E-state index in [1.54, 1.807) is 12.1 Å². The molecular formula is C10H12IN3OS. The highest BCUT2D eigenvalue weighted by Gasteiger charge is 2.04. The molecule has 16 heavy (non-hydrogen) atoms. The smallest absolute Gasteiger partial charge is 0.269 e. The molecule has 1 rings (SSSR count). The highest BCUT2D eigenvalue weighted by atomic mass is 127. The van der Waals surface area contributed by atoms with Crippen molar-refractivity contribution < 1.29 is 4.79 Å². The SMILES string of the molecule is CCNC(=S)NNC(=O)c1ccc(I)cc1. The maximum Gasteiger partial charge on any atom is 0.269 e. The predicted octanol–water partition coefficient (Wildman–Crippen LogP) is 1.42. The Balaban J connectivity index is 2.47. The summed E-state index contributed by atoms with van der Waals surface area (Å²) in [6.45, 7) is 2.64. The Morgan fingerprint density at radius 1 is 1.31 bits per heavy atom. The Labute approximate surface area is 113 Å². The summed E-state index contributed by atoms with van der Waals surface area (Å²) in [5.41, 5.74) is 5.71. The fraction of sp³-hybridized carbons (Fsp3) is 0.200. The van der Waals surface area contributed by atoms with E-state index in [0.717, 1.165) is 3.57 Å². The van der Waals surface area contributed by atoms with Crippen LogP contribution >= 0.6 is 34.8 Å². The van der Waals surface area contributed by atoms with Crippen LogP contribution in [0.2, 0.25) is 0 Å². The molecule has 0 aliphatic carbocycles. The van der Waals surface area contributed by atoms with E-state index in [-0.39, 0.29) is 5.91 Å². The zero-order valence-corrected chi connectivity index (χ0v) is 11.7. The summed E-state index contributed by atoms with van der Waals surface area (Å²) < 4.78 is 1.09. The van der Waals surface area contributed by atoms with Gasteiger partial charge in [-0.1, -0.05) is 0 Å².